The number of nitrogen functional groups attached to an aromatic ring is 1. The van der Waals surface area contributed by atoms with Gasteiger partial charge in [0, 0.05) is 12.3 Å². The summed E-state index contributed by atoms with van der Waals surface area (Å²) in [6.07, 6.45) is 9.08. The number of imidazole rings is 1. The van der Waals surface area contributed by atoms with Gasteiger partial charge in [0.05, 0.1) is 31.9 Å². The number of anilines is 1. The number of methoxy groups -OCH3 is 2. The van der Waals surface area contributed by atoms with Crippen molar-refractivity contribution >= 4 is 35.4 Å². The largest absolute Gasteiger partial charge is 0.494 e. The fourth-order valence-electron chi connectivity index (χ4n) is 3.14. The smallest absolute Gasteiger partial charge is 0.191 e. The van der Waals surface area contributed by atoms with E-state index < -0.39 is 0 Å². The lowest BCUT2D eigenvalue weighted by Crippen LogP contribution is -2.33. The lowest BCUT2D eigenvalue weighted by molar-refractivity contribution is 0.215. The van der Waals surface area contributed by atoms with Gasteiger partial charge >= 0.3 is 0 Å². The highest BCUT2D eigenvalue weighted by atomic mass is 32.2. The molecule has 10 heteroatoms. The van der Waals surface area contributed by atoms with Crippen LogP contribution in [0.1, 0.15) is 6.92 Å². The van der Waals surface area contributed by atoms with Crippen LogP contribution in [0.3, 0.4) is 0 Å². The van der Waals surface area contributed by atoms with Crippen LogP contribution in [0.5, 0.6) is 11.5 Å². The van der Waals surface area contributed by atoms with Gasteiger partial charge in [0.25, 0.3) is 0 Å². The first kappa shape index (κ1) is 22.2. The number of allylic oxidation sites excluding steroid dienone is 2. The molecule has 2 aromatic rings. The van der Waals surface area contributed by atoms with Crippen molar-refractivity contribution < 1.29 is 14.2 Å². The quantitative estimate of drug-likeness (QED) is 0.330. The molecule has 0 unspecified atom stereocenters. The molecule has 1 aliphatic heterocycles. The number of nitrogens with two attached hydrogens (primary N) is 2. The second-order valence-electron chi connectivity index (χ2n) is 6.26. The van der Waals surface area contributed by atoms with Gasteiger partial charge in [0.1, 0.15) is 23.0 Å². The Kier molecular flexibility index (Phi) is 7.14. The van der Waals surface area contributed by atoms with Gasteiger partial charge in [-0.2, -0.15) is 4.40 Å². The van der Waals surface area contributed by atoms with Crippen LogP contribution in [-0.4, -0.2) is 42.5 Å². The van der Waals surface area contributed by atoms with Crippen molar-refractivity contribution in [2.75, 3.05) is 32.8 Å². The van der Waals surface area contributed by atoms with Crippen LogP contribution in [0.25, 0.3) is 17.5 Å². The maximum atomic E-state index is 6.33. The molecule has 0 spiro atoms. The van der Waals surface area contributed by atoms with Crippen molar-refractivity contribution in [2.24, 2.45) is 10.1 Å². The Morgan fingerprint density at radius 1 is 1.29 bits per heavy atom. The predicted molar refractivity (Wildman–Crippen MR) is 125 cm³/mol. The normalized spacial score (nSPS) is 16.1. The molecule has 3 rings (SSSR count). The zero-order chi connectivity index (χ0) is 22.4. The van der Waals surface area contributed by atoms with Crippen LogP contribution in [-0.2, 0) is 4.74 Å². The Balaban J connectivity index is 2.43. The van der Waals surface area contributed by atoms with Crippen molar-refractivity contribution in [3.05, 3.63) is 53.1 Å². The van der Waals surface area contributed by atoms with Crippen molar-refractivity contribution in [2.45, 2.75) is 6.92 Å². The standard InChI is InChI=1S/C21H26N6O3S/c1-5-30-18-11-6-8-13(24-18)21-25-20(23)14(12-17(22)26-31-4)27(21)19-15(28-2)9-7-10-16(19)29-3/h6-12,24H,5H2,1-4H3,(H2,22,26)(H2,23,25)/b14-12+,21-13+. The van der Waals surface area contributed by atoms with Crippen LogP contribution in [0, 0.1) is 0 Å². The number of dihydropyridines is 1. The van der Waals surface area contributed by atoms with E-state index in [1.165, 1.54) is 11.9 Å². The van der Waals surface area contributed by atoms with Gasteiger partial charge in [-0.05, 0) is 43.2 Å². The molecule has 0 amide bonds. The van der Waals surface area contributed by atoms with Gasteiger partial charge in [-0.1, -0.05) is 12.1 Å². The van der Waals surface area contributed by atoms with E-state index in [1.807, 2.05) is 54.2 Å². The fraction of sp³-hybridized carbons (Fsp3) is 0.238. The second-order valence-corrected chi connectivity index (χ2v) is 6.80. The number of para-hydroxylation sites is 1. The number of rotatable bonds is 7. The molecule has 0 bridgehead atoms. The number of amidine groups is 1. The highest BCUT2D eigenvalue weighted by Gasteiger charge is 2.19. The predicted octanol–water partition coefficient (Wildman–Crippen LogP) is 1.03. The molecule has 1 aliphatic rings. The topological polar surface area (TPSA) is 122 Å². The summed E-state index contributed by atoms with van der Waals surface area (Å²) in [5.41, 5.74) is 14.3. The number of hydrogen-bond acceptors (Lipinski definition) is 8. The molecule has 164 valence electrons. The van der Waals surface area contributed by atoms with Crippen LogP contribution in [0.15, 0.2) is 46.7 Å². The maximum Gasteiger partial charge on any atom is 0.191 e. The molecule has 0 atom stereocenters. The summed E-state index contributed by atoms with van der Waals surface area (Å²) in [4.78, 5) is 4.62. The second kappa shape index (κ2) is 9.98. The Morgan fingerprint density at radius 2 is 2.00 bits per heavy atom. The van der Waals surface area contributed by atoms with E-state index in [9.17, 15) is 0 Å². The molecule has 0 saturated carbocycles. The van der Waals surface area contributed by atoms with Crippen molar-refractivity contribution in [1.29, 1.82) is 0 Å². The first-order valence-corrected chi connectivity index (χ1v) is 10.7. The first-order valence-electron chi connectivity index (χ1n) is 9.50. The zero-order valence-corrected chi connectivity index (χ0v) is 18.7. The molecule has 1 aromatic carbocycles. The summed E-state index contributed by atoms with van der Waals surface area (Å²) in [6, 6.07) is 5.51. The Morgan fingerprint density at radius 3 is 2.61 bits per heavy atom. The summed E-state index contributed by atoms with van der Waals surface area (Å²) in [6.45, 7) is 2.44. The Bertz CT molecular complexity index is 1140. The highest BCUT2D eigenvalue weighted by molar-refractivity contribution is 7.97. The molecule has 9 nitrogen and oxygen atoms in total. The first-order chi connectivity index (χ1) is 15.0. The molecule has 0 fully saturated rings. The van der Waals surface area contributed by atoms with Gasteiger partial charge in [-0.3, -0.25) is 4.57 Å². The van der Waals surface area contributed by atoms with E-state index in [0.29, 0.717) is 52.0 Å². The van der Waals surface area contributed by atoms with E-state index in [1.54, 1.807) is 20.3 Å². The van der Waals surface area contributed by atoms with Crippen molar-refractivity contribution in [3.8, 4) is 17.2 Å². The third-order valence-corrected chi connectivity index (χ3v) is 4.75. The van der Waals surface area contributed by atoms with E-state index >= 15 is 0 Å². The Hall–Kier alpha value is -3.53. The molecule has 1 aromatic heterocycles. The number of nitrogens with zero attached hydrogens (tertiary/aromatic N) is 3. The number of aromatic nitrogens is 2. The van der Waals surface area contributed by atoms with Crippen molar-refractivity contribution in [3.63, 3.8) is 0 Å². The molecular weight excluding hydrogens is 416 g/mol. The summed E-state index contributed by atoms with van der Waals surface area (Å²) in [5.74, 6) is 2.34. The monoisotopic (exact) mass is 442 g/mol. The molecule has 5 N–H and O–H groups in total. The molecular formula is C21H26N6O3S. The summed E-state index contributed by atoms with van der Waals surface area (Å²) >= 11 is 1.25. The van der Waals surface area contributed by atoms with Gasteiger partial charge in [-0.15, -0.1) is 0 Å². The summed E-state index contributed by atoms with van der Waals surface area (Å²) in [5, 5.41) is 3.79. The minimum atomic E-state index is 0.275. The van der Waals surface area contributed by atoms with Crippen LogP contribution in [0.4, 0.5) is 5.82 Å². The molecule has 0 radical (unpaired) electrons. The highest BCUT2D eigenvalue weighted by Crippen LogP contribution is 2.30. The summed E-state index contributed by atoms with van der Waals surface area (Å²) < 4.78 is 22.9. The van der Waals surface area contributed by atoms with Gasteiger partial charge in [-0.25, -0.2) is 4.98 Å². The lowest BCUT2D eigenvalue weighted by atomic mass is 10.2. The van der Waals surface area contributed by atoms with E-state index in [2.05, 4.69) is 14.7 Å². The minimum absolute atomic E-state index is 0.275. The summed E-state index contributed by atoms with van der Waals surface area (Å²) in [7, 11) is 3.18. The maximum absolute atomic E-state index is 6.33. The third kappa shape index (κ3) is 4.64. The van der Waals surface area contributed by atoms with Crippen LogP contribution >= 0.6 is 11.9 Å². The molecule has 2 heterocycles. The van der Waals surface area contributed by atoms with Gasteiger partial charge < -0.3 is 31.0 Å². The SMILES string of the molecule is CCOC1=CC=C/C(=c2/nc(N)/c(=C\C(N)=N\SC)n2-c2c(OC)cccc2OC)N1. The number of hydrogen-bond donors (Lipinski definition) is 3. The number of nitrogens with one attached hydrogen (secondary N) is 1. The van der Waals surface area contributed by atoms with Crippen molar-refractivity contribution in [1.82, 2.24) is 14.9 Å². The van der Waals surface area contributed by atoms with E-state index in [4.69, 9.17) is 25.7 Å². The van der Waals surface area contributed by atoms with Crippen LogP contribution < -0.4 is 37.1 Å². The van der Waals surface area contributed by atoms with E-state index in [0.717, 1.165) is 0 Å². The molecule has 0 aliphatic carbocycles. The number of benzene rings is 1. The van der Waals surface area contributed by atoms with E-state index in [-0.39, 0.29) is 5.82 Å². The molecule has 31 heavy (non-hydrogen) atoms. The molecule has 0 saturated heterocycles. The van der Waals surface area contributed by atoms with Gasteiger partial charge in [0.2, 0.25) is 0 Å². The van der Waals surface area contributed by atoms with Gasteiger partial charge in [0.15, 0.2) is 17.2 Å². The fourth-order valence-corrected chi connectivity index (χ4v) is 3.40. The Labute approximate surface area is 184 Å². The average Bonchev–Trinajstić information content (AvgIpc) is 3.09. The van der Waals surface area contributed by atoms with Crippen LogP contribution in [0.2, 0.25) is 0 Å². The zero-order valence-electron chi connectivity index (χ0n) is 17.9. The third-order valence-electron chi connectivity index (χ3n) is 4.36. The minimum Gasteiger partial charge on any atom is -0.494 e. The lowest BCUT2D eigenvalue weighted by Gasteiger charge is -2.17. The average molecular weight is 443 g/mol. The number of ether oxygens (including phenoxy) is 3.